The first kappa shape index (κ1) is 13.2. The van der Waals surface area contributed by atoms with Gasteiger partial charge in [0.1, 0.15) is 0 Å². The summed E-state index contributed by atoms with van der Waals surface area (Å²) in [6.45, 7) is 5.99. The maximum absolute atomic E-state index is 11.1. The molecule has 0 aliphatic heterocycles. The Morgan fingerprint density at radius 1 is 1.35 bits per heavy atom. The van der Waals surface area contributed by atoms with Crippen molar-refractivity contribution in [2.24, 2.45) is 0 Å². The lowest BCUT2D eigenvalue weighted by Crippen LogP contribution is -2.17. The summed E-state index contributed by atoms with van der Waals surface area (Å²) < 4.78 is 1.68. The van der Waals surface area contributed by atoms with Crippen molar-refractivity contribution in [1.82, 2.24) is 9.78 Å². The van der Waals surface area contributed by atoms with Crippen molar-refractivity contribution in [2.45, 2.75) is 39.7 Å². The SMILES string of the molecule is CCn1nc(C)c(C(CC(=O)O)C(=O)O)c1C. The van der Waals surface area contributed by atoms with Gasteiger partial charge < -0.3 is 10.2 Å². The molecule has 0 aromatic carbocycles. The van der Waals surface area contributed by atoms with Crippen LogP contribution in [-0.4, -0.2) is 31.9 Å². The highest BCUT2D eigenvalue weighted by Crippen LogP contribution is 2.26. The fourth-order valence-corrected chi connectivity index (χ4v) is 2.01. The number of aryl methyl sites for hydroxylation is 2. The van der Waals surface area contributed by atoms with Crippen LogP contribution in [0.1, 0.15) is 36.2 Å². The van der Waals surface area contributed by atoms with Crippen molar-refractivity contribution < 1.29 is 19.8 Å². The first-order chi connectivity index (χ1) is 7.88. The molecule has 0 fully saturated rings. The summed E-state index contributed by atoms with van der Waals surface area (Å²) in [5.41, 5.74) is 1.82. The summed E-state index contributed by atoms with van der Waals surface area (Å²) in [4.78, 5) is 21.8. The van der Waals surface area contributed by atoms with Gasteiger partial charge in [-0.05, 0) is 20.8 Å². The van der Waals surface area contributed by atoms with E-state index in [-0.39, 0.29) is 0 Å². The van der Waals surface area contributed by atoms with Crippen LogP contribution < -0.4 is 0 Å². The second-order valence-corrected chi connectivity index (χ2v) is 3.89. The quantitative estimate of drug-likeness (QED) is 0.805. The van der Waals surface area contributed by atoms with Gasteiger partial charge in [0.2, 0.25) is 0 Å². The third-order valence-electron chi connectivity index (χ3n) is 2.76. The lowest BCUT2D eigenvalue weighted by atomic mass is 9.94. The molecule has 0 aliphatic carbocycles. The highest BCUT2D eigenvalue weighted by Gasteiger charge is 2.28. The Labute approximate surface area is 98.9 Å². The Hall–Kier alpha value is -1.85. The minimum atomic E-state index is -1.13. The number of hydrogen-bond donors (Lipinski definition) is 2. The van der Waals surface area contributed by atoms with Gasteiger partial charge in [0, 0.05) is 17.8 Å². The van der Waals surface area contributed by atoms with Crippen LogP contribution in [0, 0.1) is 13.8 Å². The molecule has 1 unspecified atom stereocenters. The van der Waals surface area contributed by atoms with Crippen LogP contribution in [0.25, 0.3) is 0 Å². The standard InChI is InChI=1S/C11H16N2O4/c1-4-13-7(3)10(6(2)12-13)8(11(16)17)5-9(14)15/h8H,4-5H2,1-3H3,(H,14,15)(H,16,17). The number of carbonyl (C=O) groups is 2. The molecule has 17 heavy (non-hydrogen) atoms. The Morgan fingerprint density at radius 3 is 2.29 bits per heavy atom. The molecule has 1 atom stereocenters. The van der Waals surface area contributed by atoms with E-state index < -0.39 is 24.3 Å². The monoisotopic (exact) mass is 240 g/mol. The van der Waals surface area contributed by atoms with E-state index in [0.29, 0.717) is 17.8 Å². The Bertz CT molecular complexity index is 451. The van der Waals surface area contributed by atoms with Crippen LogP contribution in [0.2, 0.25) is 0 Å². The largest absolute Gasteiger partial charge is 0.481 e. The van der Waals surface area contributed by atoms with E-state index >= 15 is 0 Å². The van der Waals surface area contributed by atoms with E-state index in [0.717, 1.165) is 5.69 Å². The molecule has 1 heterocycles. The molecule has 0 spiro atoms. The molecular formula is C11H16N2O4. The van der Waals surface area contributed by atoms with E-state index in [2.05, 4.69) is 5.10 Å². The molecule has 2 N–H and O–H groups in total. The highest BCUT2D eigenvalue weighted by atomic mass is 16.4. The number of carboxylic acids is 2. The molecule has 0 saturated carbocycles. The van der Waals surface area contributed by atoms with Gasteiger partial charge in [-0.2, -0.15) is 5.10 Å². The number of nitrogens with zero attached hydrogens (tertiary/aromatic N) is 2. The van der Waals surface area contributed by atoms with E-state index in [1.54, 1.807) is 18.5 Å². The zero-order chi connectivity index (χ0) is 13.2. The number of aliphatic carboxylic acids is 2. The molecule has 6 heteroatoms. The number of aromatic nitrogens is 2. The topological polar surface area (TPSA) is 92.4 Å². The molecule has 94 valence electrons. The van der Waals surface area contributed by atoms with Gasteiger partial charge in [0.25, 0.3) is 0 Å². The number of carboxylic acid groups (broad SMARTS) is 2. The van der Waals surface area contributed by atoms with Crippen molar-refractivity contribution in [3.05, 3.63) is 17.0 Å². The second kappa shape index (κ2) is 4.99. The lowest BCUT2D eigenvalue weighted by Gasteiger charge is -2.10. The third-order valence-corrected chi connectivity index (χ3v) is 2.76. The minimum absolute atomic E-state index is 0.424. The molecule has 0 aliphatic rings. The molecule has 1 aromatic rings. The molecule has 0 radical (unpaired) electrons. The normalized spacial score (nSPS) is 12.4. The van der Waals surface area contributed by atoms with E-state index in [1.807, 2.05) is 6.92 Å². The Balaban J connectivity index is 3.23. The molecule has 0 amide bonds. The van der Waals surface area contributed by atoms with Crippen molar-refractivity contribution in [2.75, 3.05) is 0 Å². The first-order valence-electron chi connectivity index (χ1n) is 5.37. The van der Waals surface area contributed by atoms with Crippen LogP contribution in [0.5, 0.6) is 0 Å². The summed E-state index contributed by atoms with van der Waals surface area (Å²) in [7, 11) is 0. The zero-order valence-corrected chi connectivity index (χ0v) is 10.1. The van der Waals surface area contributed by atoms with E-state index in [1.165, 1.54) is 0 Å². The van der Waals surface area contributed by atoms with Gasteiger partial charge in [-0.25, -0.2) is 0 Å². The van der Waals surface area contributed by atoms with Crippen LogP contribution in [0.3, 0.4) is 0 Å². The molecule has 6 nitrogen and oxygen atoms in total. The van der Waals surface area contributed by atoms with Gasteiger partial charge >= 0.3 is 11.9 Å². The summed E-state index contributed by atoms with van der Waals surface area (Å²) in [5, 5.41) is 22.1. The van der Waals surface area contributed by atoms with Gasteiger partial charge in [0.15, 0.2) is 0 Å². The van der Waals surface area contributed by atoms with Crippen molar-refractivity contribution in [3.8, 4) is 0 Å². The van der Waals surface area contributed by atoms with E-state index in [4.69, 9.17) is 10.2 Å². The predicted molar refractivity (Wildman–Crippen MR) is 60.0 cm³/mol. The summed E-state index contributed by atoms with van der Waals surface area (Å²) >= 11 is 0. The van der Waals surface area contributed by atoms with Crippen molar-refractivity contribution in [1.29, 1.82) is 0 Å². The zero-order valence-electron chi connectivity index (χ0n) is 10.1. The maximum Gasteiger partial charge on any atom is 0.311 e. The van der Waals surface area contributed by atoms with Gasteiger partial charge in [-0.3, -0.25) is 14.3 Å². The average Bonchev–Trinajstić information content (AvgIpc) is 2.50. The predicted octanol–water partition coefficient (Wildman–Crippen LogP) is 1.16. The lowest BCUT2D eigenvalue weighted by molar-refractivity contribution is -0.145. The van der Waals surface area contributed by atoms with Crippen LogP contribution in [0.4, 0.5) is 0 Å². The average molecular weight is 240 g/mol. The highest BCUT2D eigenvalue weighted by molar-refractivity contribution is 5.83. The van der Waals surface area contributed by atoms with Crippen LogP contribution in [-0.2, 0) is 16.1 Å². The summed E-state index contributed by atoms with van der Waals surface area (Å²) in [6.07, 6.45) is -0.424. The summed E-state index contributed by atoms with van der Waals surface area (Å²) in [5.74, 6) is -3.29. The van der Waals surface area contributed by atoms with Gasteiger partial charge in [-0.15, -0.1) is 0 Å². The molecule has 0 saturated heterocycles. The summed E-state index contributed by atoms with van der Waals surface area (Å²) in [6, 6.07) is 0. The third kappa shape index (κ3) is 2.64. The first-order valence-corrected chi connectivity index (χ1v) is 5.37. The smallest absolute Gasteiger partial charge is 0.311 e. The van der Waals surface area contributed by atoms with Gasteiger partial charge in [-0.1, -0.05) is 0 Å². The molecule has 1 aromatic heterocycles. The number of rotatable bonds is 5. The van der Waals surface area contributed by atoms with E-state index in [9.17, 15) is 9.59 Å². The van der Waals surface area contributed by atoms with Crippen molar-refractivity contribution >= 4 is 11.9 Å². The molecular weight excluding hydrogens is 224 g/mol. The number of hydrogen-bond acceptors (Lipinski definition) is 3. The van der Waals surface area contributed by atoms with Crippen LogP contribution in [0.15, 0.2) is 0 Å². The fourth-order valence-electron chi connectivity index (χ4n) is 2.01. The fraction of sp³-hybridized carbons (Fsp3) is 0.545. The molecule has 0 bridgehead atoms. The van der Waals surface area contributed by atoms with Crippen molar-refractivity contribution in [3.63, 3.8) is 0 Å². The van der Waals surface area contributed by atoms with Gasteiger partial charge in [0.05, 0.1) is 18.0 Å². The minimum Gasteiger partial charge on any atom is -0.481 e. The second-order valence-electron chi connectivity index (χ2n) is 3.89. The Morgan fingerprint density at radius 2 is 1.94 bits per heavy atom. The Kier molecular flexibility index (Phi) is 3.88. The molecule has 1 rings (SSSR count). The van der Waals surface area contributed by atoms with Crippen LogP contribution >= 0.6 is 0 Å². The maximum atomic E-state index is 11.1.